The van der Waals surface area contributed by atoms with Crippen LogP contribution in [0.25, 0.3) is 0 Å². The zero-order chi connectivity index (χ0) is 18.2. The van der Waals surface area contributed by atoms with Gasteiger partial charge in [-0.2, -0.15) is 0 Å². The first kappa shape index (κ1) is 19.2. The van der Waals surface area contributed by atoms with Crippen molar-refractivity contribution in [1.82, 2.24) is 5.32 Å². The number of amides is 2. The van der Waals surface area contributed by atoms with Crippen molar-refractivity contribution in [1.29, 1.82) is 0 Å². The van der Waals surface area contributed by atoms with Crippen LogP contribution < -0.4 is 15.0 Å². The van der Waals surface area contributed by atoms with Gasteiger partial charge < -0.3 is 19.7 Å². The summed E-state index contributed by atoms with van der Waals surface area (Å²) >= 11 is 0. The number of anilines is 1. The lowest BCUT2D eigenvalue weighted by Crippen LogP contribution is -2.46. The van der Waals surface area contributed by atoms with E-state index in [9.17, 15) is 9.59 Å². The molecule has 6 heteroatoms. The molecule has 2 amide bonds. The number of carbonyl (C=O) groups is 2. The number of fused-ring (bicyclic) bond motifs is 1. The molecular weight excluding hydrogens is 320 g/mol. The number of hydrogen-bond acceptors (Lipinski definition) is 4. The van der Waals surface area contributed by atoms with Gasteiger partial charge in [-0.25, -0.2) is 0 Å². The zero-order valence-corrected chi connectivity index (χ0v) is 15.3. The molecule has 1 aliphatic rings. The molecule has 0 aliphatic carbocycles. The van der Waals surface area contributed by atoms with Crippen LogP contribution in [0.1, 0.15) is 40.0 Å². The number of para-hydroxylation sites is 2. The smallest absolute Gasteiger partial charge is 0.268 e. The molecule has 1 N–H and O–H groups in total. The lowest BCUT2D eigenvalue weighted by molar-refractivity contribution is -0.126. The summed E-state index contributed by atoms with van der Waals surface area (Å²) in [6.45, 7) is 7.45. The van der Waals surface area contributed by atoms with Gasteiger partial charge in [0.25, 0.3) is 5.91 Å². The number of ether oxygens (including phenoxy) is 2. The second-order valence-electron chi connectivity index (χ2n) is 6.35. The van der Waals surface area contributed by atoms with E-state index in [1.54, 1.807) is 4.90 Å². The zero-order valence-electron chi connectivity index (χ0n) is 15.3. The molecule has 1 aliphatic heterocycles. The van der Waals surface area contributed by atoms with E-state index in [0.29, 0.717) is 31.9 Å². The highest BCUT2D eigenvalue weighted by Gasteiger charge is 2.32. The Morgan fingerprint density at radius 2 is 2.12 bits per heavy atom. The van der Waals surface area contributed by atoms with Crippen LogP contribution >= 0.6 is 0 Å². The van der Waals surface area contributed by atoms with Crippen molar-refractivity contribution in [3.63, 3.8) is 0 Å². The molecule has 0 radical (unpaired) electrons. The Labute approximate surface area is 149 Å². The fraction of sp³-hybridized carbons (Fsp3) is 0.579. The highest BCUT2D eigenvalue weighted by Crippen LogP contribution is 2.34. The van der Waals surface area contributed by atoms with Crippen molar-refractivity contribution in [2.24, 2.45) is 0 Å². The van der Waals surface area contributed by atoms with Gasteiger partial charge in [-0.1, -0.05) is 19.1 Å². The summed E-state index contributed by atoms with van der Waals surface area (Å²) in [4.78, 5) is 26.2. The SMILES string of the molecule is CCC1Oc2ccccc2N(CCC(=O)NCCCOC(C)C)C1=O. The maximum absolute atomic E-state index is 12.5. The largest absolute Gasteiger partial charge is 0.478 e. The molecule has 0 saturated carbocycles. The van der Waals surface area contributed by atoms with Gasteiger partial charge in [-0.3, -0.25) is 9.59 Å². The van der Waals surface area contributed by atoms with Gasteiger partial charge in [0.1, 0.15) is 5.75 Å². The van der Waals surface area contributed by atoms with Gasteiger partial charge in [0, 0.05) is 26.1 Å². The molecule has 2 rings (SSSR count). The highest BCUT2D eigenvalue weighted by molar-refractivity contribution is 6.00. The van der Waals surface area contributed by atoms with Crippen molar-refractivity contribution >= 4 is 17.5 Å². The summed E-state index contributed by atoms with van der Waals surface area (Å²) in [6.07, 6.45) is 1.37. The van der Waals surface area contributed by atoms with Gasteiger partial charge in [0.15, 0.2) is 6.10 Å². The number of rotatable bonds is 9. The quantitative estimate of drug-likeness (QED) is 0.696. The predicted octanol–water partition coefficient (Wildman–Crippen LogP) is 2.51. The summed E-state index contributed by atoms with van der Waals surface area (Å²) in [5.41, 5.74) is 0.732. The lowest BCUT2D eigenvalue weighted by Gasteiger charge is -2.33. The second kappa shape index (κ2) is 9.42. The van der Waals surface area contributed by atoms with Crippen LogP contribution in [0.4, 0.5) is 5.69 Å². The van der Waals surface area contributed by atoms with Crippen LogP contribution in [-0.4, -0.2) is 43.7 Å². The standard InChI is InChI=1S/C19H28N2O4/c1-4-16-19(23)21(15-8-5-6-9-17(15)25-16)12-10-18(22)20-11-7-13-24-14(2)3/h5-6,8-9,14,16H,4,7,10-13H2,1-3H3,(H,20,22). The van der Waals surface area contributed by atoms with Crippen LogP contribution in [-0.2, 0) is 14.3 Å². The molecule has 1 aromatic carbocycles. The average Bonchev–Trinajstić information content (AvgIpc) is 2.60. The van der Waals surface area contributed by atoms with E-state index in [4.69, 9.17) is 9.47 Å². The summed E-state index contributed by atoms with van der Waals surface area (Å²) in [5, 5.41) is 2.87. The van der Waals surface area contributed by atoms with E-state index in [2.05, 4.69) is 5.32 Å². The Balaban J connectivity index is 1.84. The van der Waals surface area contributed by atoms with E-state index in [1.807, 2.05) is 45.0 Å². The number of hydrogen-bond donors (Lipinski definition) is 1. The van der Waals surface area contributed by atoms with Crippen LogP contribution in [0.15, 0.2) is 24.3 Å². The maximum atomic E-state index is 12.5. The molecule has 25 heavy (non-hydrogen) atoms. The van der Waals surface area contributed by atoms with Crippen molar-refractivity contribution < 1.29 is 19.1 Å². The Bertz CT molecular complexity index is 589. The molecule has 1 unspecified atom stereocenters. The first-order valence-electron chi connectivity index (χ1n) is 8.98. The Morgan fingerprint density at radius 1 is 1.36 bits per heavy atom. The first-order valence-corrected chi connectivity index (χ1v) is 8.98. The Hall–Kier alpha value is -2.08. The first-order chi connectivity index (χ1) is 12.0. The Morgan fingerprint density at radius 3 is 2.84 bits per heavy atom. The average molecular weight is 348 g/mol. The molecule has 6 nitrogen and oxygen atoms in total. The summed E-state index contributed by atoms with van der Waals surface area (Å²) in [6, 6.07) is 7.45. The molecule has 1 aromatic rings. The van der Waals surface area contributed by atoms with Gasteiger partial charge in [0.2, 0.25) is 5.91 Å². The minimum absolute atomic E-state index is 0.0608. The molecule has 0 fully saturated rings. The molecule has 1 heterocycles. The predicted molar refractivity (Wildman–Crippen MR) is 96.8 cm³/mol. The fourth-order valence-corrected chi connectivity index (χ4v) is 2.69. The third-order valence-corrected chi connectivity index (χ3v) is 3.99. The number of nitrogens with one attached hydrogen (secondary N) is 1. The van der Waals surface area contributed by atoms with Crippen LogP contribution in [0.5, 0.6) is 5.75 Å². The molecule has 1 atom stereocenters. The van der Waals surface area contributed by atoms with Gasteiger partial charge in [-0.15, -0.1) is 0 Å². The van der Waals surface area contributed by atoms with Crippen LogP contribution in [0, 0.1) is 0 Å². The highest BCUT2D eigenvalue weighted by atomic mass is 16.5. The van der Waals surface area contributed by atoms with Gasteiger partial charge >= 0.3 is 0 Å². The monoisotopic (exact) mass is 348 g/mol. The Kier molecular flexibility index (Phi) is 7.25. The van der Waals surface area contributed by atoms with E-state index < -0.39 is 6.10 Å². The molecule has 0 aromatic heterocycles. The number of benzene rings is 1. The van der Waals surface area contributed by atoms with E-state index in [0.717, 1.165) is 12.1 Å². The number of nitrogens with zero attached hydrogens (tertiary/aromatic N) is 1. The summed E-state index contributed by atoms with van der Waals surface area (Å²) in [7, 11) is 0. The molecule has 138 valence electrons. The molecular formula is C19H28N2O4. The maximum Gasteiger partial charge on any atom is 0.268 e. The minimum Gasteiger partial charge on any atom is -0.478 e. The van der Waals surface area contributed by atoms with E-state index >= 15 is 0 Å². The van der Waals surface area contributed by atoms with Gasteiger partial charge in [-0.05, 0) is 38.8 Å². The van der Waals surface area contributed by atoms with Crippen molar-refractivity contribution in [3.05, 3.63) is 24.3 Å². The van der Waals surface area contributed by atoms with Crippen LogP contribution in [0.2, 0.25) is 0 Å². The summed E-state index contributed by atoms with van der Waals surface area (Å²) < 4.78 is 11.2. The third-order valence-electron chi connectivity index (χ3n) is 3.99. The third kappa shape index (κ3) is 5.46. The summed E-state index contributed by atoms with van der Waals surface area (Å²) in [5.74, 6) is 0.550. The van der Waals surface area contributed by atoms with Gasteiger partial charge in [0.05, 0.1) is 11.8 Å². The molecule has 0 spiro atoms. The normalized spacial score (nSPS) is 16.6. The fourth-order valence-electron chi connectivity index (χ4n) is 2.69. The van der Waals surface area contributed by atoms with E-state index in [1.165, 1.54) is 0 Å². The molecule has 0 bridgehead atoms. The van der Waals surface area contributed by atoms with Crippen LogP contribution in [0.3, 0.4) is 0 Å². The van der Waals surface area contributed by atoms with E-state index in [-0.39, 0.29) is 24.3 Å². The van der Waals surface area contributed by atoms with Crippen molar-refractivity contribution in [2.45, 2.75) is 52.2 Å². The topological polar surface area (TPSA) is 67.9 Å². The minimum atomic E-state index is -0.480. The lowest BCUT2D eigenvalue weighted by atomic mass is 10.1. The number of carbonyl (C=O) groups excluding carboxylic acids is 2. The second-order valence-corrected chi connectivity index (χ2v) is 6.35. The van der Waals surface area contributed by atoms with Crippen molar-refractivity contribution in [3.8, 4) is 5.75 Å². The molecule has 0 saturated heterocycles. The van der Waals surface area contributed by atoms with Crippen molar-refractivity contribution in [2.75, 3.05) is 24.6 Å².